The molecule has 0 fully saturated rings. The van der Waals surface area contributed by atoms with Gasteiger partial charge in [-0.25, -0.2) is 0 Å². The molecule has 1 atom stereocenters. The van der Waals surface area contributed by atoms with Gasteiger partial charge in [-0.15, -0.1) is 0 Å². The lowest BCUT2D eigenvalue weighted by Crippen LogP contribution is -2.23. The summed E-state index contributed by atoms with van der Waals surface area (Å²) >= 11 is 6.56. The lowest BCUT2D eigenvalue weighted by Gasteiger charge is -2.32. The summed E-state index contributed by atoms with van der Waals surface area (Å²) in [6, 6.07) is 31.7. The number of aromatic nitrogens is 1. The average Bonchev–Trinajstić information content (AvgIpc) is 2.84. The monoisotopic (exact) mass is 441 g/mol. The van der Waals surface area contributed by atoms with E-state index in [1.165, 1.54) is 0 Å². The fraction of sp³-hybridized carbons (Fsp3) is 0.111. The van der Waals surface area contributed by atoms with E-state index in [9.17, 15) is 4.79 Å². The summed E-state index contributed by atoms with van der Waals surface area (Å²) in [6.07, 6.45) is 2.19. The molecule has 0 N–H and O–H groups in total. The number of aryl methyl sites for hydroxylation is 1. The van der Waals surface area contributed by atoms with Crippen molar-refractivity contribution in [3.63, 3.8) is 0 Å². The van der Waals surface area contributed by atoms with Gasteiger partial charge in [0, 0.05) is 35.6 Å². The van der Waals surface area contributed by atoms with Crippen molar-refractivity contribution in [3.05, 3.63) is 126 Å². The van der Waals surface area contributed by atoms with Gasteiger partial charge in [-0.2, -0.15) is 0 Å². The van der Waals surface area contributed by atoms with Crippen molar-refractivity contribution >= 4 is 34.2 Å². The number of pyridine rings is 1. The first-order valence-electron chi connectivity index (χ1n) is 10.3. The van der Waals surface area contributed by atoms with Gasteiger partial charge in [0.15, 0.2) is 5.78 Å². The maximum Gasteiger partial charge on any atom is 0.163 e. The molecule has 4 heteroatoms. The molecule has 0 bridgehead atoms. The Bertz CT molecular complexity index is 1150. The third-order valence-corrected chi connectivity index (χ3v) is 11.0. The van der Waals surface area contributed by atoms with Crippen LogP contribution >= 0.6 is 6.04 Å². The first kappa shape index (κ1) is 21.4. The van der Waals surface area contributed by atoms with Crippen molar-refractivity contribution in [1.82, 2.24) is 4.98 Å². The number of carbonyl (C=O) groups excluding carboxylic acids is 1. The van der Waals surface area contributed by atoms with Gasteiger partial charge in [0.1, 0.15) is 0 Å². The van der Waals surface area contributed by atoms with Crippen LogP contribution in [0, 0.1) is 6.92 Å². The zero-order chi connectivity index (χ0) is 21.7. The van der Waals surface area contributed by atoms with Crippen LogP contribution in [0.1, 0.15) is 33.7 Å². The molecule has 2 nitrogen and oxygen atoms in total. The lowest BCUT2D eigenvalue weighted by molar-refractivity contribution is 0.0981. The zero-order valence-electron chi connectivity index (χ0n) is 17.4. The number of Topliss-reactive ketones (excluding diaryl/α,β-unsaturated/α-hetero) is 1. The summed E-state index contributed by atoms with van der Waals surface area (Å²) in [5, 5.41) is 2.20. The maximum atomic E-state index is 13.3. The number of benzene rings is 3. The first-order valence-corrected chi connectivity index (χ1v) is 13.2. The van der Waals surface area contributed by atoms with E-state index in [0.29, 0.717) is 12.0 Å². The highest BCUT2D eigenvalue weighted by molar-refractivity contribution is 8.22. The third kappa shape index (κ3) is 4.58. The van der Waals surface area contributed by atoms with E-state index in [2.05, 4.69) is 30.3 Å². The zero-order valence-corrected chi connectivity index (χ0v) is 19.1. The fourth-order valence-electron chi connectivity index (χ4n) is 3.82. The predicted octanol–water partition coefficient (Wildman–Crippen LogP) is 5.83. The van der Waals surface area contributed by atoms with E-state index in [0.717, 1.165) is 21.9 Å². The first-order chi connectivity index (χ1) is 15.1. The molecule has 4 aromatic rings. The van der Waals surface area contributed by atoms with Crippen LogP contribution in [0.5, 0.6) is 0 Å². The Hall–Kier alpha value is -2.87. The molecular formula is C27H24NOPS. The van der Waals surface area contributed by atoms with Gasteiger partial charge < -0.3 is 0 Å². The van der Waals surface area contributed by atoms with Crippen molar-refractivity contribution in [2.75, 3.05) is 0 Å². The van der Waals surface area contributed by atoms with E-state index < -0.39 is 6.04 Å². The molecule has 0 amide bonds. The molecule has 0 spiro atoms. The van der Waals surface area contributed by atoms with Crippen molar-refractivity contribution in [3.8, 4) is 0 Å². The SMILES string of the molecule is Cc1ccc([C@H](CC(=O)c2ccccc2)P(=S)(c2ccccc2)c2ccccc2)nc1. The molecule has 1 heterocycles. The highest BCUT2D eigenvalue weighted by Gasteiger charge is 2.35. The number of ketones is 1. The Kier molecular flexibility index (Phi) is 6.56. The van der Waals surface area contributed by atoms with Crippen LogP contribution in [0.2, 0.25) is 0 Å². The molecule has 0 aliphatic rings. The second kappa shape index (κ2) is 9.51. The van der Waals surface area contributed by atoms with E-state index in [4.69, 9.17) is 16.8 Å². The van der Waals surface area contributed by atoms with E-state index in [1.807, 2.05) is 85.9 Å². The molecule has 31 heavy (non-hydrogen) atoms. The van der Waals surface area contributed by atoms with Crippen molar-refractivity contribution in [2.24, 2.45) is 0 Å². The minimum Gasteiger partial charge on any atom is -0.294 e. The van der Waals surface area contributed by atoms with Gasteiger partial charge in [0.25, 0.3) is 0 Å². The molecule has 154 valence electrons. The average molecular weight is 442 g/mol. The maximum absolute atomic E-state index is 13.3. The number of hydrogen-bond acceptors (Lipinski definition) is 3. The quantitative estimate of drug-likeness (QED) is 0.267. The Labute approximate surface area is 189 Å². The highest BCUT2D eigenvalue weighted by atomic mass is 32.4. The van der Waals surface area contributed by atoms with Gasteiger partial charge in [-0.05, 0) is 29.2 Å². The normalized spacial score (nSPS) is 12.3. The Balaban J connectivity index is 1.89. The molecule has 0 saturated heterocycles. The van der Waals surface area contributed by atoms with Gasteiger partial charge in [-0.3, -0.25) is 9.78 Å². The Morgan fingerprint density at radius 1 is 0.806 bits per heavy atom. The van der Waals surface area contributed by atoms with Crippen LogP contribution < -0.4 is 10.6 Å². The van der Waals surface area contributed by atoms with Crippen LogP contribution in [0.3, 0.4) is 0 Å². The molecular weight excluding hydrogens is 417 g/mol. The highest BCUT2D eigenvalue weighted by Crippen LogP contribution is 2.59. The van der Waals surface area contributed by atoms with Gasteiger partial charge >= 0.3 is 0 Å². The van der Waals surface area contributed by atoms with Crippen LogP contribution in [-0.2, 0) is 11.8 Å². The van der Waals surface area contributed by atoms with Crippen LogP contribution in [0.25, 0.3) is 0 Å². The standard InChI is InChI=1S/C27H24NOPS/c1-21-17-18-25(28-20-21)27(19-26(29)22-11-5-2-6-12-22)30(31,23-13-7-3-8-14-23)24-15-9-4-10-16-24/h2-18,20,27H,19H2,1H3/t27-/m0/s1. The molecule has 0 radical (unpaired) electrons. The number of nitrogens with zero attached hydrogens (tertiary/aromatic N) is 1. The Morgan fingerprint density at radius 3 is 1.81 bits per heavy atom. The second-order valence-corrected chi connectivity index (χ2v) is 12.3. The summed E-state index contributed by atoms with van der Waals surface area (Å²) in [4.78, 5) is 18.1. The molecule has 1 aromatic heterocycles. The van der Waals surface area contributed by atoms with E-state index >= 15 is 0 Å². The van der Waals surface area contributed by atoms with Crippen LogP contribution in [-0.4, -0.2) is 10.8 Å². The molecule has 3 aromatic carbocycles. The minimum atomic E-state index is -2.40. The number of carbonyl (C=O) groups is 1. The van der Waals surface area contributed by atoms with E-state index in [1.54, 1.807) is 0 Å². The molecule has 0 aliphatic heterocycles. The fourth-order valence-corrected chi connectivity index (χ4v) is 8.30. The molecule has 0 aliphatic carbocycles. The van der Waals surface area contributed by atoms with Gasteiger partial charge in [0.05, 0.1) is 0 Å². The summed E-state index contributed by atoms with van der Waals surface area (Å²) in [5.74, 6) is 0.0917. The van der Waals surface area contributed by atoms with Crippen molar-refractivity contribution in [2.45, 2.75) is 19.0 Å². The number of rotatable bonds is 7. The molecule has 4 rings (SSSR count). The molecule has 0 unspecified atom stereocenters. The van der Waals surface area contributed by atoms with Crippen LogP contribution in [0.15, 0.2) is 109 Å². The largest absolute Gasteiger partial charge is 0.294 e. The summed E-state index contributed by atoms with van der Waals surface area (Å²) in [6.45, 7) is 2.02. The van der Waals surface area contributed by atoms with Crippen molar-refractivity contribution in [1.29, 1.82) is 0 Å². The summed E-state index contributed by atoms with van der Waals surface area (Å²) in [5.41, 5.74) is 2.48. The van der Waals surface area contributed by atoms with Crippen LogP contribution in [0.4, 0.5) is 0 Å². The second-order valence-electron chi connectivity index (χ2n) is 7.60. The van der Waals surface area contributed by atoms with E-state index in [-0.39, 0.29) is 11.4 Å². The molecule has 0 saturated carbocycles. The third-order valence-electron chi connectivity index (χ3n) is 5.47. The Morgan fingerprint density at radius 2 is 1.32 bits per heavy atom. The number of hydrogen-bond donors (Lipinski definition) is 0. The minimum absolute atomic E-state index is 0.0917. The summed E-state index contributed by atoms with van der Waals surface area (Å²) < 4.78 is 0. The van der Waals surface area contributed by atoms with Gasteiger partial charge in [0.2, 0.25) is 0 Å². The predicted molar refractivity (Wildman–Crippen MR) is 134 cm³/mol. The van der Waals surface area contributed by atoms with Gasteiger partial charge in [-0.1, -0.05) is 109 Å². The van der Waals surface area contributed by atoms with Crippen molar-refractivity contribution < 1.29 is 4.79 Å². The lowest BCUT2D eigenvalue weighted by atomic mass is 10.0. The summed E-state index contributed by atoms with van der Waals surface area (Å²) in [7, 11) is 0. The topological polar surface area (TPSA) is 30.0 Å². The smallest absolute Gasteiger partial charge is 0.163 e.